The van der Waals surface area contributed by atoms with E-state index < -0.39 is 5.82 Å². The Morgan fingerprint density at radius 1 is 1.25 bits per heavy atom. The number of rotatable bonds is 4. The molecule has 0 spiro atoms. The van der Waals surface area contributed by atoms with Gasteiger partial charge in [0.05, 0.1) is 5.39 Å². The molecule has 1 saturated carbocycles. The second kappa shape index (κ2) is 6.14. The lowest BCUT2D eigenvalue weighted by Gasteiger charge is -2.35. The molecule has 6 nitrogen and oxygen atoms in total. The van der Waals surface area contributed by atoms with Crippen molar-refractivity contribution in [3.8, 4) is 0 Å². The summed E-state index contributed by atoms with van der Waals surface area (Å²) >= 11 is 0. The lowest BCUT2D eigenvalue weighted by atomic mass is 10.2. The van der Waals surface area contributed by atoms with Gasteiger partial charge in [-0.25, -0.2) is 9.37 Å². The fraction of sp³-hybridized carbons (Fsp3) is 0.529. The van der Waals surface area contributed by atoms with Crippen molar-refractivity contribution in [3.63, 3.8) is 0 Å². The Morgan fingerprint density at radius 3 is 2.67 bits per heavy atom. The van der Waals surface area contributed by atoms with Gasteiger partial charge in [-0.15, -0.1) is 0 Å². The molecule has 3 heterocycles. The quantitative estimate of drug-likeness (QED) is 0.903. The number of nitrogens with zero attached hydrogens (tertiary/aromatic N) is 4. The van der Waals surface area contributed by atoms with Gasteiger partial charge in [0.15, 0.2) is 17.1 Å². The van der Waals surface area contributed by atoms with Crippen molar-refractivity contribution in [2.75, 3.05) is 44.2 Å². The first-order valence-electron chi connectivity index (χ1n) is 8.56. The van der Waals surface area contributed by atoms with Crippen molar-refractivity contribution in [2.24, 2.45) is 5.73 Å². The first kappa shape index (κ1) is 15.5. The van der Waals surface area contributed by atoms with Gasteiger partial charge in [-0.3, -0.25) is 9.69 Å². The van der Waals surface area contributed by atoms with Gasteiger partial charge in [-0.2, -0.15) is 0 Å². The Balaban J connectivity index is 1.70. The van der Waals surface area contributed by atoms with Gasteiger partial charge >= 0.3 is 0 Å². The second-order valence-electron chi connectivity index (χ2n) is 6.60. The van der Waals surface area contributed by atoms with Crippen LogP contribution in [0.25, 0.3) is 11.0 Å². The number of fused-ring (bicyclic) bond motifs is 1. The van der Waals surface area contributed by atoms with Crippen molar-refractivity contribution in [1.82, 2.24) is 14.5 Å². The maximum Gasteiger partial charge on any atom is 0.191 e. The smallest absolute Gasteiger partial charge is 0.191 e. The number of hydrogen-bond donors (Lipinski definition) is 1. The third-order valence-corrected chi connectivity index (χ3v) is 4.89. The molecule has 2 aromatic rings. The van der Waals surface area contributed by atoms with E-state index in [4.69, 9.17) is 5.73 Å². The number of piperazine rings is 1. The average Bonchev–Trinajstić information content (AvgIpc) is 3.41. The fourth-order valence-corrected chi connectivity index (χ4v) is 3.39. The highest BCUT2D eigenvalue weighted by molar-refractivity contribution is 5.77. The number of pyridine rings is 2. The van der Waals surface area contributed by atoms with Gasteiger partial charge < -0.3 is 15.2 Å². The molecule has 1 saturated heterocycles. The molecule has 0 bridgehead atoms. The van der Waals surface area contributed by atoms with Crippen LogP contribution in [0.1, 0.15) is 18.9 Å². The highest BCUT2D eigenvalue weighted by Crippen LogP contribution is 2.36. The third kappa shape index (κ3) is 2.78. The van der Waals surface area contributed by atoms with Crippen molar-refractivity contribution < 1.29 is 4.39 Å². The van der Waals surface area contributed by atoms with E-state index in [-0.39, 0.29) is 5.43 Å². The summed E-state index contributed by atoms with van der Waals surface area (Å²) in [6.07, 6.45) is 3.96. The Hall–Kier alpha value is -1.99. The molecule has 0 radical (unpaired) electrons. The molecule has 0 aromatic carbocycles. The predicted molar refractivity (Wildman–Crippen MR) is 91.9 cm³/mol. The lowest BCUT2D eigenvalue weighted by molar-refractivity contribution is 0.263. The van der Waals surface area contributed by atoms with Crippen LogP contribution < -0.4 is 16.1 Å². The predicted octanol–water partition coefficient (Wildman–Crippen LogP) is 0.951. The monoisotopic (exact) mass is 331 g/mol. The largest absolute Gasteiger partial charge is 0.352 e. The molecule has 24 heavy (non-hydrogen) atoms. The van der Waals surface area contributed by atoms with Crippen molar-refractivity contribution >= 4 is 16.9 Å². The molecule has 0 amide bonds. The molecule has 2 aromatic heterocycles. The standard InChI is InChI=1S/C17H22FN5O/c18-14-11-13-15(24)3-5-23(12-1-2-12)16(13)20-17(14)22-9-7-21(6-4-19)8-10-22/h3,5,11-12H,1-2,4,6-10,19H2. The van der Waals surface area contributed by atoms with Crippen LogP contribution in [0.2, 0.25) is 0 Å². The first-order valence-corrected chi connectivity index (χ1v) is 8.56. The maximum absolute atomic E-state index is 14.6. The minimum Gasteiger partial charge on any atom is -0.352 e. The van der Waals surface area contributed by atoms with Gasteiger partial charge in [0.2, 0.25) is 0 Å². The van der Waals surface area contributed by atoms with E-state index in [2.05, 4.69) is 9.88 Å². The van der Waals surface area contributed by atoms with Crippen molar-refractivity contribution in [3.05, 3.63) is 34.4 Å². The maximum atomic E-state index is 14.6. The van der Waals surface area contributed by atoms with Gasteiger partial charge in [-0.05, 0) is 18.9 Å². The van der Waals surface area contributed by atoms with E-state index in [1.165, 1.54) is 12.1 Å². The SMILES string of the molecule is NCCN1CCN(c2nc3c(cc2F)c(=O)ccn3C2CC2)CC1. The number of halogens is 1. The molecule has 4 rings (SSSR count). The number of anilines is 1. The highest BCUT2D eigenvalue weighted by atomic mass is 19.1. The van der Waals surface area contributed by atoms with Crippen LogP contribution in [0.3, 0.4) is 0 Å². The van der Waals surface area contributed by atoms with Crippen molar-refractivity contribution in [2.45, 2.75) is 18.9 Å². The van der Waals surface area contributed by atoms with Crippen LogP contribution in [-0.4, -0.2) is 53.7 Å². The molecule has 2 N–H and O–H groups in total. The summed E-state index contributed by atoms with van der Waals surface area (Å²) in [7, 11) is 0. The molecule has 128 valence electrons. The Labute approximate surface area is 139 Å². The zero-order valence-electron chi connectivity index (χ0n) is 13.6. The summed E-state index contributed by atoms with van der Waals surface area (Å²) in [5.74, 6) is -0.0599. The fourth-order valence-electron chi connectivity index (χ4n) is 3.39. The average molecular weight is 331 g/mol. The zero-order valence-corrected chi connectivity index (χ0v) is 13.6. The molecule has 7 heteroatoms. The van der Waals surface area contributed by atoms with Crippen LogP contribution in [0.4, 0.5) is 10.2 Å². The molecule has 2 aliphatic rings. The summed E-state index contributed by atoms with van der Waals surface area (Å²) in [5, 5.41) is 0.368. The summed E-state index contributed by atoms with van der Waals surface area (Å²) in [6, 6.07) is 3.25. The van der Waals surface area contributed by atoms with Gasteiger partial charge in [0.25, 0.3) is 0 Å². The summed E-state index contributed by atoms with van der Waals surface area (Å²) in [6.45, 7) is 4.63. The van der Waals surface area contributed by atoms with Gasteiger partial charge in [-0.1, -0.05) is 0 Å². The van der Waals surface area contributed by atoms with Gasteiger partial charge in [0, 0.05) is 57.6 Å². The minimum atomic E-state index is -0.416. The molecule has 1 aliphatic heterocycles. The van der Waals surface area contributed by atoms with E-state index in [9.17, 15) is 9.18 Å². The van der Waals surface area contributed by atoms with Crippen LogP contribution in [0, 0.1) is 5.82 Å². The van der Waals surface area contributed by atoms with E-state index in [0.29, 0.717) is 29.4 Å². The first-order chi connectivity index (χ1) is 11.7. The van der Waals surface area contributed by atoms with Crippen LogP contribution >= 0.6 is 0 Å². The lowest BCUT2D eigenvalue weighted by Crippen LogP contribution is -2.48. The summed E-state index contributed by atoms with van der Waals surface area (Å²) < 4.78 is 16.6. The molecular weight excluding hydrogens is 309 g/mol. The van der Waals surface area contributed by atoms with Gasteiger partial charge in [0.1, 0.15) is 5.65 Å². The van der Waals surface area contributed by atoms with E-state index >= 15 is 0 Å². The van der Waals surface area contributed by atoms with E-state index in [1.54, 1.807) is 6.20 Å². The van der Waals surface area contributed by atoms with Crippen LogP contribution in [0.5, 0.6) is 0 Å². The van der Waals surface area contributed by atoms with E-state index in [0.717, 1.165) is 45.6 Å². The molecule has 0 unspecified atom stereocenters. The summed E-state index contributed by atoms with van der Waals surface area (Å²) in [5.41, 5.74) is 6.03. The summed E-state index contributed by atoms with van der Waals surface area (Å²) in [4.78, 5) is 20.9. The Morgan fingerprint density at radius 2 is 2.00 bits per heavy atom. The van der Waals surface area contributed by atoms with E-state index in [1.807, 2.05) is 9.47 Å². The Kier molecular flexibility index (Phi) is 3.97. The molecule has 2 fully saturated rings. The third-order valence-electron chi connectivity index (χ3n) is 4.89. The number of nitrogens with two attached hydrogens (primary N) is 1. The molecule has 0 atom stereocenters. The van der Waals surface area contributed by atoms with Crippen LogP contribution in [0.15, 0.2) is 23.1 Å². The number of hydrogen-bond acceptors (Lipinski definition) is 5. The zero-order chi connectivity index (χ0) is 16.7. The second-order valence-corrected chi connectivity index (χ2v) is 6.60. The number of aromatic nitrogens is 2. The minimum absolute atomic E-state index is 0.174. The molecule has 1 aliphatic carbocycles. The highest BCUT2D eigenvalue weighted by Gasteiger charge is 2.27. The molecular formula is C17H22FN5O. The normalized spacial score (nSPS) is 19.2. The topological polar surface area (TPSA) is 67.4 Å². The van der Waals surface area contributed by atoms with Crippen LogP contribution in [-0.2, 0) is 0 Å². The van der Waals surface area contributed by atoms with Crippen molar-refractivity contribution in [1.29, 1.82) is 0 Å². The Bertz CT molecular complexity index is 808.